The van der Waals surface area contributed by atoms with Gasteiger partial charge in [-0.3, -0.25) is 0 Å². The normalized spacial score (nSPS) is 32.0. The number of aromatic nitrogens is 2. The van der Waals surface area contributed by atoms with Crippen LogP contribution in [0.5, 0.6) is 0 Å². The predicted molar refractivity (Wildman–Crippen MR) is 83.1 cm³/mol. The molecule has 4 atom stereocenters. The van der Waals surface area contributed by atoms with Crippen LogP contribution in [0, 0.1) is 17.8 Å². The SMILES string of the molecule is CC1CCCC(c2noc(CC(C)C3CCCNC3)n2)C1. The first-order valence-electron chi connectivity index (χ1n) is 8.75. The summed E-state index contributed by atoms with van der Waals surface area (Å²) in [6, 6.07) is 0. The number of nitrogens with one attached hydrogen (secondary N) is 1. The summed E-state index contributed by atoms with van der Waals surface area (Å²) in [5, 5.41) is 7.77. The van der Waals surface area contributed by atoms with E-state index in [2.05, 4.69) is 24.3 Å². The van der Waals surface area contributed by atoms with Crippen LogP contribution in [-0.2, 0) is 6.42 Å². The molecule has 1 saturated carbocycles. The monoisotopic (exact) mass is 291 g/mol. The second kappa shape index (κ2) is 6.91. The Bertz CT molecular complexity index is 439. The standard InChI is InChI=1S/C17H29N3O/c1-12-5-3-6-14(9-12)17-19-16(21-20-17)10-13(2)15-7-4-8-18-11-15/h12-15,18H,3-11H2,1-2H3. The molecule has 2 aliphatic rings. The third-order valence-electron chi connectivity index (χ3n) is 5.42. The highest BCUT2D eigenvalue weighted by atomic mass is 16.5. The molecule has 0 bridgehead atoms. The largest absolute Gasteiger partial charge is 0.339 e. The lowest BCUT2D eigenvalue weighted by atomic mass is 9.82. The highest BCUT2D eigenvalue weighted by molar-refractivity contribution is 4.98. The van der Waals surface area contributed by atoms with Gasteiger partial charge in [0, 0.05) is 12.3 Å². The fourth-order valence-electron chi connectivity index (χ4n) is 3.99. The van der Waals surface area contributed by atoms with E-state index in [1.165, 1.54) is 45.1 Å². The first-order chi connectivity index (χ1) is 10.2. The Morgan fingerprint density at radius 1 is 1.29 bits per heavy atom. The third-order valence-corrected chi connectivity index (χ3v) is 5.42. The van der Waals surface area contributed by atoms with Gasteiger partial charge in [-0.15, -0.1) is 0 Å². The van der Waals surface area contributed by atoms with Crippen LogP contribution >= 0.6 is 0 Å². The Labute approximate surface area is 128 Å². The van der Waals surface area contributed by atoms with Gasteiger partial charge in [-0.05, 0) is 56.5 Å². The molecule has 2 fully saturated rings. The summed E-state index contributed by atoms with van der Waals surface area (Å²) >= 11 is 0. The van der Waals surface area contributed by atoms with E-state index < -0.39 is 0 Å². The van der Waals surface area contributed by atoms with Crippen LogP contribution in [0.15, 0.2) is 4.52 Å². The Balaban J connectivity index is 1.56. The molecule has 1 saturated heterocycles. The maximum Gasteiger partial charge on any atom is 0.226 e. The van der Waals surface area contributed by atoms with Gasteiger partial charge in [-0.1, -0.05) is 31.8 Å². The Kier molecular flexibility index (Phi) is 4.94. The zero-order valence-corrected chi connectivity index (χ0v) is 13.5. The molecule has 1 aromatic rings. The van der Waals surface area contributed by atoms with Gasteiger partial charge in [0.1, 0.15) is 0 Å². The van der Waals surface area contributed by atoms with E-state index in [9.17, 15) is 0 Å². The second-order valence-electron chi connectivity index (χ2n) is 7.30. The van der Waals surface area contributed by atoms with Crippen LogP contribution in [0.25, 0.3) is 0 Å². The quantitative estimate of drug-likeness (QED) is 0.922. The lowest BCUT2D eigenvalue weighted by molar-refractivity contribution is 0.256. The summed E-state index contributed by atoms with van der Waals surface area (Å²) in [6.07, 6.45) is 8.67. The molecule has 2 heterocycles. The lowest BCUT2D eigenvalue weighted by Crippen LogP contribution is -2.33. The van der Waals surface area contributed by atoms with Crippen molar-refractivity contribution >= 4 is 0 Å². The van der Waals surface area contributed by atoms with E-state index >= 15 is 0 Å². The molecule has 0 spiro atoms. The summed E-state index contributed by atoms with van der Waals surface area (Å²) in [5.74, 6) is 4.52. The van der Waals surface area contributed by atoms with Gasteiger partial charge in [0.2, 0.25) is 5.89 Å². The molecule has 4 unspecified atom stereocenters. The zero-order chi connectivity index (χ0) is 14.7. The van der Waals surface area contributed by atoms with Crippen LogP contribution in [0.4, 0.5) is 0 Å². The molecule has 4 nitrogen and oxygen atoms in total. The van der Waals surface area contributed by atoms with E-state index in [1.807, 2.05) is 0 Å². The Morgan fingerprint density at radius 2 is 2.19 bits per heavy atom. The molecular formula is C17H29N3O. The molecule has 1 N–H and O–H groups in total. The minimum Gasteiger partial charge on any atom is -0.339 e. The summed E-state index contributed by atoms with van der Waals surface area (Å²) < 4.78 is 5.53. The fourth-order valence-corrected chi connectivity index (χ4v) is 3.99. The molecule has 1 aromatic heterocycles. The van der Waals surface area contributed by atoms with Crippen molar-refractivity contribution in [1.82, 2.24) is 15.5 Å². The fraction of sp³-hybridized carbons (Fsp3) is 0.882. The average molecular weight is 291 g/mol. The molecule has 21 heavy (non-hydrogen) atoms. The van der Waals surface area contributed by atoms with Crippen molar-refractivity contribution in [2.75, 3.05) is 13.1 Å². The number of rotatable bonds is 4. The molecular weight excluding hydrogens is 262 g/mol. The molecule has 1 aliphatic heterocycles. The topological polar surface area (TPSA) is 51.0 Å². The number of piperidine rings is 1. The number of nitrogens with zero attached hydrogens (tertiary/aromatic N) is 2. The minimum absolute atomic E-state index is 0.526. The smallest absolute Gasteiger partial charge is 0.226 e. The first-order valence-corrected chi connectivity index (χ1v) is 8.75. The molecule has 3 rings (SSSR count). The van der Waals surface area contributed by atoms with Gasteiger partial charge in [-0.25, -0.2) is 0 Å². The molecule has 1 aliphatic carbocycles. The molecule has 118 valence electrons. The van der Waals surface area contributed by atoms with Crippen molar-refractivity contribution in [3.8, 4) is 0 Å². The van der Waals surface area contributed by atoms with Crippen LogP contribution in [0.1, 0.15) is 70.0 Å². The molecule has 0 amide bonds. The predicted octanol–water partition coefficient (Wildman–Crippen LogP) is 3.54. The third kappa shape index (κ3) is 3.85. The van der Waals surface area contributed by atoms with Crippen LogP contribution in [0.2, 0.25) is 0 Å². The van der Waals surface area contributed by atoms with Gasteiger partial charge < -0.3 is 9.84 Å². The van der Waals surface area contributed by atoms with Gasteiger partial charge in [0.25, 0.3) is 0 Å². The van der Waals surface area contributed by atoms with E-state index in [-0.39, 0.29) is 0 Å². The number of hydrogen-bond donors (Lipinski definition) is 1. The van der Waals surface area contributed by atoms with E-state index in [1.54, 1.807) is 0 Å². The maximum atomic E-state index is 5.53. The zero-order valence-electron chi connectivity index (χ0n) is 13.5. The summed E-state index contributed by atoms with van der Waals surface area (Å²) in [7, 11) is 0. The molecule has 4 heteroatoms. The second-order valence-corrected chi connectivity index (χ2v) is 7.30. The van der Waals surface area contributed by atoms with Crippen LogP contribution in [-0.4, -0.2) is 23.2 Å². The van der Waals surface area contributed by atoms with E-state index in [4.69, 9.17) is 9.51 Å². The summed E-state index contributed by atoms with van der Waals surface area (Å²) in [6.45, 7) is 6.98. The molecule has 0 radical (unpaired) electrons. The Hall–Kier alpha value is -0.900. The minimum atomic E-state index is 0.526. The summed E-state index contributed by atoms with van der Waals surface area (Å²) in [5.41, 5.74) is 0. The van der Waals surface area contributed by atoms with Gasteiger partial charge >= 0.3 is 0 Å². The van der Waals surface area contributed by atoms with Gasteiger partial charge in [0.15, 0.2) is 5.82 Å². The van der Waals surface area contributed by atoms with Crippen molar-refractivity contribution in [3.63, 3.8) is 0 Å². The van der Waals surface area contributed by atoms with E-state index in [0.29, 0.717) is 11.8 Å². The summed E-state index contributed by atoms with van der Waals surface area (Å²) in [4.78, 5) is 4.70. The van der Waals surface area contributed by atoms with Crippen molar-refractivity contribution in [2.24, 2.45) is 17.8 Å². The first kappa shape index (κ1) is 15.0. The van der Waals surface area contributed by atoms with Crippen LogP contribution < -0.4 is 5.32 Å². The van der Waals surface area contributed by atoms with Crippen molar-refractivity contribution in [1.29, 1.82) is 0 Å². The lowest BCUT2D eigenvalue weighted by Gasteiger charge is -2.27. The van der Waals surface area contributed by atoms with Gasteiger partial charge in [0.05, 0.1) is 0 Å². The van der Waals surface area contributed by atoms with Gasteiger partial charge in [-0.2, -0.15) is 4.98 Å². The van der Waals surface area contributed by atoms with Crippen LogP contribution in [0.3, 0.4) is 0 Å². The Morgan fingerprint density at radius 3 is 2.95 bits per heavy atom. The maximum absolute atomic E-state index is 5.53. The number of hydrogen-bond acceptors (Lipinski definition) is 4. The van der Waals surface area contributed by atoms with Crippen molar-refractivity contribution < 1.29 is 4.52 Å². The average Bonchev–Trinajstić information content (AvgIpc) is 2.97. The highest BCUT2D eigenvalue weighted by Gasteiger charge is 2.26. The van der Waals surface area contributed by atoms with E-state index in [0.717, 1.165) is 36.5 Å². The highest BCUT2D eigenvalue weighted by Crippen LogP contribution is 2.34. The molecule has 0 aromatic carbocycles. The van der Waals surface area contributed by atoms with Crippen molar-refractivity contribution in [3.05, 3.63) is 11.7 Å². The van der Waals surface area contributed by atoms with Crippen molar-refractivity contribution in [2.45, 2.75) is 64.7 Å².